The van der Waals surface area contributed by atoms with Gasteiger partial charge in [-0.2, -0.15) is 0 Å². The maximum atomic E-state index is 5.74. The Hall–Kier alpha value is -1.72. The van der Waals surface area contributed by atoms with Crippen LogP contribution >= 0.6 is 0 Å². The average molecular weight is 286 g/mol. The van der Waals surface area contributed by atoms with Gasteiger partial charge in [0.15, 0.2) is 0 Å². The topological polar surface area (TPSA) is 45.4 Å². The van der Waals surface area contributed by atoms with E-state index >= 15 is 0 Å². The number of piperazine rings is 1. The molecule has 0 N–H and O–H groups in total. The van der Waals surface area contributed by atoms with Crippen molar-refractivity contribution in [1.82, 2.24) is 20.0 Å². The highest BCUT2D eigenvalue weighted by Gasteiger charge is 2.16. The summed E-state index contributed by atoms with van der Waals surface area (Å²) < 4.78 is 5.74. The first-order valence-corrected chi connectivity index (χ1v) is 7.67. The van der Waals surface area contributed by atoms with Gasteiger partial charge >= 0.3 is 0 Å². The van der Waals surface area contributed by atoms with Gasteiger partial charge < -0.3 is 14.2 Å². The Labute approximate surface area is 125 Å². The fourth-order valence-electron chi connectivity index (χ4n) is 2.63. The van der Waals surface area contributed by atoms with Crippen LogP contribution < -0.4 is 0 Å². The van der Waals surface area contributed by atoms with E-state index in [0.29, 0.717) is 5.89 Å². The van der Waals surface area contributed by atoms with Crippen LogP contribution in [0.15, 0.2) is 34.7 Å². The first-order valence-electron chi connectivity index (χ1n) is 7.67. The summed E-state index contributed by atoms with van der Waals surface area (Å²) in [6, 6.07) is 9.91. The number of benzene rings is 1. The molecule has 3 rings (SSSR count). The summed E-state index contributed by atoms with van der Waals surface area (Å²) in [5.74, 6) is 1.34. The highest BCUT2D eigenvalue weighted by atomic mass is 16.4. The van der Waals surface area contributed by atoms with E-state index in [2.05, 4.69) is 26.9 Å². The van der Waals surface area contributed by atoms with Gasteiger partial charge in [-0.15, -0.1) is 10.2 Å². The summed E-state index contributed by atoms with van der Waals surface area (Å²) in [6.07, 6.45) is 0.825. The highest BCUT2D eigenvalue weighted by molar-refractivity contribution is 5.51. The molecule has 0 aliphatic carbocycles. The Balaban J connectivity index is 1.52. The van der Waals surface area contributed by atoms with E-state index in [-0.39, 0.29) is 0 Å². The van der Waals surface area contributed by atoms with Gasteiger partial charge in [-0.3, -0.25) is 0 Å². The third-order valence-corrected chi connectivity index (χ3v) is 4.04. The van der Waals surface area contributed by atoms with Gasteiger partial charge in [-0.1, -0.05) is 25.1 Å². The molecule has 1 aromatic heterocycles. The summed E-state index contributed by atoms with van der Waals surface area (Å²) in [5.41, 5.74) is 0.979. The molecule has 2 heterocycles. The maximum absolute atomic E-state index is 5.74. The number of aromatic nitrogens is 2. The second-order valence-corrected chi connectivity index (χ2v) is 5.39. The molecule has 0 bridgehead atoms. The lowest BCUT2D eigenvalue weighted by atomic mass is 10.2. The fourth-order valence-corrected chi connectivity index (χ4v) is 2.63. The second kappa shape index (κ2) is 6.83. The molecule has 112 valence electrons. The molecule has 5 heteroatoms. The zero-order valence-electron chi connectivity index (χ0n) is 12.5. The Bertz CT molecular complexity index is 546. The normalized spacial score (nSPS) is 17.2. The molecule has 0 saturated carbocycles. The smallest absolute Gasteiger partial charge is 0.247 e. The van der Waals surface area contributed by atoms with Crippen molar-refractivity contribution in [2.24, 2.45) is 0 Å². The van der Waals surface area contributed by atoms with E-state index in [1.165, 1.54) is 0 Å². The second-order valence-electron chi connectivity index (χ2n) is 5.39. The predicted octanol–water partition coefficient (Wildman–Crippen LogP) is 1.92. The summed E-state index contributed by atoms with van der Waals surface area (Å²) in [6.45, 7) is 8.96. The summed E-state index contributed by atoms with van der Waals surface area (Å²) in [7, 11) is 0. The first kappa shape index (κ1) is 14.2. The van der Waals surface area contributed by atoms with E-state index in [4.69, 9.17) is 4.42 Å². The molecule has 1 aliphatic heterocycles. The Morgan fingerprint density at radius 3 is 2.43 bits per heavy atom. The zero-order chi connectivity index (χ0) is 14.5. The standard InChI is InChI=1S/C16H22N4O/c1-2-19-10-12-20(13-11-19)9-8-15-17-18-16(21-15)14-6-4-3-5-7-14/h3-7H,2,8-13H2,1H3. The van der Waals surface area contributed by atoms with Crippen LogP contribution in [0.2, 0.25) is 0 Å². The Morgan fingerprint density at radius 1 is 1.00 bits per heavy atom. The monoisotopic (exact) mass is 286 g/mol. The minimum atomic E-state index is 0.612. The van der Waals surface area contributed by atoms with Crippen molar-refractivity contribution in [3.63, 3.8) is 0 Å². The molecule has 5 nitrogen and oxygen atoms in total. The van der Waals surface area contributed by atoms with E-state index in [1.54, 1.807) is 0 Å². The molecule has 21 heavy (non-hydrogen) atoms. The maximum Gasteiger partial charge on any atom is 0.247 e. The largest absolute Gasteiger partial charge is 0.421 e. The highest BCUT2D eigenvalue weighted by Crippen LogP contribution is 2.17. The fraction of sp³-hybridized carbons (Fsp3) is 0.500. The minimum Gasteiger partial charge on any atom is -0.421 e. The van der Waals surface area contributed by atoms with Gasteiger partial charge in [0.2, 0.25) is 11.8 Å². The van der Waals surface area contributed by atoms with Gasteiger partial charge in [-0.05, 0) is 18.7 Å². The summed E-state index contributed by atoms with van der Waals surface area (Å²) in [5, 5.41) is 8.29. The lowest BCUT2D eigenvalue weighted by molar-refractivity contribution is 0.136. The van der Waals surface area contributed by atoms with E-state index < -0.39 is 0 Å². The van der Waals surface area contributed by atoms with Crippen LogP contribution in [0.3, 0.4) is 0 Å². The molecule has 0 spiro atoms. The molecule has 1 fully saturated rings. The van der Waals surface area contributed by atoms with Crippen molar-refractivity contribution in [1.29, 1.82) is 0 Å². The molecule has 1 saturated heterocycles. The number of nitrogens with zero attached hydrogens (tertiary/aromatic N) is 4. The van der Waals surface area contributed by atoms with Crippen LogP contribution in [-0.2, 0) is 6.42 Å². The van der Waals surface area contributed by atoms with Gasteiger partial charge in [-0.25, -0.2) is 0 Å². The zero-order valence-corrected chi connectivity index (χ0v) is 12.5. The van der Waals surface area contributed by atoms with Crippen LogP contribution in [0.25, 0.3) is 11.5 Å². The predicted molar refractivity (Wildman–Crippen MR) is 82.0 cm³/mol. The molecular formula is C16H22N4O. The van der Waals surface area contributed by atoms with E-state index in [1.807, 2.05) is 30.3 Å². The van der Waals surface area contributed by atoms with Crippen LogP contribution in [-0.4, -0.2) is 59.3 Å². The van der Waals surface area contributed by atoms with Crippen molar-refractivity contribution in [2.75, 3.05) is 39.3 Å². The number of rotatable bonds is 5. The Morgan fingerprint density at radius 2 is 1.71 bits per heavy atom. The number of likely N-dealkylation sites (N-methyl/N-ethyl adjacent to an activating group) is 1. The van der Waals surface area contributed by atoms with Gasteiger partial charge in [0.1, 0.15) is 0 Å². The molecule has 0 atom stereocenters. The quantitative estimate of drug-likeness (QED) is 0.840. The van der Waals surface area contributed by atoms with E-state index in [9.17, 15) is 0 Å². The van der Waals surface area contributed by atoms with Crippen molar-refractivity contribution in [2.45, 2.75) is 13.3 Å². The van der Waals surface area contributed by atoms with Crippen LogP contribution in [0.1, 0.15) is 12.8 Å². The van der Waals surface area contributed by atoms with Crippen LogP contribution in [0.5, 0.6) is 0 Å². The molecule has 0 unspecified atom stereocenters. The molecule has 0 amide bonds. The summed E-state index contributed by atoms with van der Waals surface area (Å²) >= 11 is 0. The van der Waals surface area contributed by atoms with Crippen molar-refractivity contribution < 1.29 is 4.42 Å². The molecule has 0 radical (unpaired) electrons. The molecule has 1 aliphatic rings. The van der Waals surface area contributed by atoms with Gasteiger partial charge in [0, 0.05) is 44.7 Å². The van der Waals surface area contributed by atoms with Gasteiger partial charge in [0.05, 0.1) is 0 Å². The van der Waals surface area contributed by atoms with Crippen molar-refractivity contribution >= 4 is 0 Å². The molecular weight excluding hydrogens is 264 g/mol. The van der Waals surface area contributed by atoms with Crippen LogP contribution in [0, 0.1) is 0 Å². The lowest BCUT2D eigenvalue weighted by Crippen LogP contribution is -2.46. The third kappa shape index (κ3) is 3.68. The SMILES string of the molecule is CCN1CCN(CCc2nnc(-c3ccccc3)o2)CC1. The molecule has 2 aromatic rings. The minimum absolute atomic E-state index is 0.612. The lowest BCUT2D eigenvalue weighted by Gasteiger charge is -2.33. The third-order valence-electron chi connectivity index (χ3n) is 4.04. The number of hydrogen-bond donors (Lipinski definition) is 0. The van der Waals surface area contributed by atoms with Crippen molar-refractivity contribution in [3.05, 3.63) is 36.2 Å². The van der Waals surface area contributed by atoms with Crippen molar-refractivity contribution in [3.8, 4) is 11.5 Å². The number of hydrogen-bond acceptors (Lipinski definition) is 5. The van der Waals surface area contributed by atoms with Gasteiger partial charge in [0.25, 0.3) is 0 Å². The Kier molecular flexibility index (Phi) is 4.62. The van der Waals surface area contributed by atoms with E-state index in [0.717, 1.165) is 57.1 Å². The van der Waals surface area contributed by atoms with Crippen LogP contribution in [0.4, 0.5) is 0 Å². The molecule has 1 aromatic carbocycles. The average Bonchev–Trinajstić information content (AvgIpc) is 3.03. The first-order chi connectivity index (χ1) is 10.3. The summed E-state index contributed by atoms with van der Waals surface area (Å²) in [4.78, 5) is 4.95.